The summed E-state index contributed by atoms with van der Waals surface area (Å²) in [5.74, 6) is 0.822. The lowest BCUT2D eigenvalue weighted by Crippen LogP contribution is -2.35. The van der Waals surface area contributed by atoms with Crippen LogP contribution in [0.25, 0.3) is 0 Å². The molecule has 3 N–H and O–H groups in total. The number of carbonyl (C=O) groups excluding carboxylic acids is 1. The smallest absolute Gasteiger partial charge is 0.249 e. The summed E-state index contributed by atoms with van der Waals surface area (Å²) in [6, 6.07) is 3.89. The van der Waals surface area contributed by atoms with Gasteiger partial charge in [-0.3, -0.25) is 4.79 Å². The topological polar surface area (TPSA) is 80.5 Å². The molecule has 0 radical (unpaired) electrons. The van der Waals surface area contributed by atoms with E-state index < -0.39 is 0 Å². The first-order valence-electron chi connectivity index (χ1n) is 6.85. The third-order valence-electron chi connectivity index (χ3n) is 3.40. The van der Waals surface area contributed by atoms with Gasteiger partial charge in [0, 0.05) is 33.4 Å². The molecule has 1 aromatic heterocycles. The van der Waals surface area contributed by atoms with Crippen LogP contribution in [-0.4, -0.2) is 43.7 Å². The van der Waals surface area contributed by atoms with Gasteiger partial charge in [-0.05, 0) is 24.5 Å². The van der Waals surface area contributed by atoms with Crippen LogP contribution in [0.15, 0.2) is 18.3 Å². The van der Waals surface area contributed by atoms with Crippen molar-refractivity contribution in [2.24, 2.45) is 5.73 Å². The van der Waals surface area contributed by atoms with Crippen LogP contribution in [0.3, 0.4) is 0 Å². The van der Waals surface area contributed by atoms with Crippen molar-refractivity contribution in [1.29, 1.82) is 0 Å². The molecule has 0 aromatic carbocycles. The molecule has 0 aliphatic carbocycles. The summed E-state index contributed by atoms with van der Waals surface area (Å²) >= 11 is 0. The van der Waals surface area contributed by atoms with Gasteiger partial charge >= 0.3 is 0 Å². The highest BCUT2D eigenvalue weighted by Crippen LogP contribution is 2.19. The Hall–Kier alpha value is -1.66. The first-order chi connectivity index (χ1) is 9.60. The van der Waals surface area contributed by atoms with E-state index in [2.05, 4.69) is 10.3 Å². The summed E-state index contributed by atoms with van der Waals surface area (Å²) in [6.07, 6.45) is 3.02. The largest absolute Gasteiger partial charge is 0.364 e. The fraction of sp³-hybridized carbons (Fsp3) is 0.571. The van der Waals surface area contributed by atoms with E-state index in [4.69, 9.17) is 10.5 Å². The van der Waals surface area contributed by atoms with Gasteiger partial charge < -0.3 is 20.7 Å². The van der Waals surface area contributed by atoms with Crippen molar-refractivity contribution in [3.8, 4) is 0 Å². The second-order valence-electron chi connectivity index (χ2n) is 5.20. The van der Waals surface area contributed by atoms with Gasteiger partial charge in [0.25, 0.3) is 0 Å². The number of amides is 1. The van der Waals surface area contributed by atoms with E-state index >= 15 is 0 Å². The van der Waals surface area contributed by atoms with E-state index in [-0.39, 0.29) is 18.1 Å². The van der Waals surface area contributed by atoms with Crippen molar-refractivity contribution < 1.29 is 9.53 Å². The van der Waals surface area contributed by atoms with E-state index in [1.807, 2.05) is 31.1 Å². The zero-order chi connectivity index (χ0) is 14.5. The molecule has 6 heteroatoms. The Labute approximate surface area is 119 Å². The molecule has 1 amide bonds. The number of hydrogen-bond acceptors (Lipinski definition) is 5. The maximum atomic E-state index is 11.9. The Morgan fingerprint density at radius 2 is 2.30 bits per heavy atom. The molecule has 110 valence electrons. The summed E-state index contributed by atoms with van der Waals surface area (Å²) in [5, 5.41) is 2.88. The van der Waals surface area contributed by atoms with E-state index in [1.54, 1.807) is 6.20 Å². The quantitative estimate of drug-likeness (QED) is 0.808. The van der Waals surface area contributed by atoms with Gasteiger partial charge in [0.05, 0.1) is 6.10 Å². The minimum absolute atomic E-state index is 0.0202. The fourth-order valence-electron chi connectivity index (χ4n) is 2.16. The van der Waals surface area contributed by atoms with Crippen LogP contribution in [0.5, 0.6) is 0 Å². The highest BCUT2D eigenvalue weighted by atomic mass is 16.5. The van der Waals surface area contributed by atoms with Gasteiger partial charge in [-0.25, -0.2) is 4.98 Å². The molecule has 20 heavy (non-hydrogen) atoms. The van der Waals surface area contributed by atoms with Gasteiger partial charge in [0.1, 0.15) is 11.9 Å². The van der Waals surface area contributed by atoms with Gasteiger partial charge in [-0.1, -0.05) is 6.07 Å². The summed E-state index contributed by atoms with van der Waals surface area (Å²) in [4.78, 5) is 18.2. The molecule has 2 atom stereocenters. The van der Waals surface area contributed by atoms with Crippen LogP contribution in [0.1, 0.15) is 18.4 Å². The van der Waals surface area contributed by atoms with Crippen LogP contribution in [0, 0.1) is 0 Å². The van der Waals surface area contributed by atoms with Crippen LogP contribution >= 0.6 is 0 Å². The van der Waals surface area contributed by atoms with E-state index in [9.17, 15) is 4.79 Å². The number of hydrogen-bond donors (Lipinski definition) is 2. The van der Waals surface area contributed by atoms with Gasteiger partial charge in [0.15, 0.2) is 0 Å². The highest BCUT2D eigenvalue weighted by Gasteiger charge is 2.29. The molecule has 1 aliphatic rings. The van der Waals surface area contributed by atoms with Gasteiger partial charge in [-0.2, -0.15) is 0 Å². The maximum Gasteiger partial charge on any atom is 0.249 e. The zero-order valence-corrected chi connectivity index (χ0v) is 12.0. The molecular weight excluding hydrogens is 256 g/mol. The third-order valence-corrected chi connectivity index (χ3v) is 3.40. The standard InChI is InChI=1S/C14H22N4O2/c1-18(2)13-6-3-10(8-16-13)9-17-14(19)12-5-4-11(7-15)20-12/h3,6,8,11-12H,4-5,7,9,15H2,1-2H3,(H,17,19)/t11-,12+/m1/s1. The molecular formula is C14H22N4O2. The average Bonchev–Trinajstić information content (AvgIpc) is 2.94. The molecule has 0 saturated carbocycles. The minimum atomic E-state index is -0.363. The SMILES string of the molecule is CN(C)c1ccc(CNC(=O)[C@@H]2CC[C@H](CN)O2)cn1. The number of pyridine rings is 1. The predicted octanol–water partition coefficient (Wildman–Crippen LogP) is 0.270. The highest BCUT2D eigenvalue weighted by molar-refractivity contribution is 5.81. The van der Waals surface area contributed by atoms with E-state index in [1.165, 1.54) is 0 Å². The molecule has 2 rings (SSSR count). The normalized spacial score (nSPS) is 21.8. The maximum absolute atomic E-state index is 11.9. The third kappa shape index (κ3) is 3.68. The number of aromatic nitrogens is 1. The van der Waals surface area contributed by atoms with Crippen molar-refractivity contribution in [3.05, 3.63) is 23.9 Å². The Bertz CT molecular complexity index is 447. The zero-order valence-electron chi connectivity index (χ0n) is 12.0. The summed E-state index contributed by atoms with van der Waals surface area (Å²) < 4.78 is 5.55. The minimum Gasteiger partial charge on any atom is -0.364 e. The second kappa shape index (κ2) is 6.67. The number of ether oxygens (including phenoxy) is 1. The van der Waals surface area contributed by atoms with E-state index in [0.29, 0.717) is 13.1 Å². The molecule has 0 spiro atoms. The number of nitrogens with two attached hydrogens (primary N) is 1. The van der Waals surface area contributed by atoms with Crippen molar-refractivity contribution >= 4 is 11.7 Å². The van der Waals surface area contributed by atoms with Crippen LogP contribution in [0.4, 0.5) is 5.82 Å². The number of nitrogens with one attached hydrogen (secondary N) is 1. The molecule has 1 aliphatic heterocycles. The first kappa shape index (κ1) is 14.7. The molecule has 0 unspecified atom stereocenters. The molecule has 1 saturated heterocycles. The van der Waals surface area contributed by atoms with Crippen molar-refractivity contribution in [2.45, 2.75) is 31.6 Å². The van der Waals surface area contributed by atoms with Crippen LogP contribution < -0.4 is 16.0 Å². The molecule has 2 heterocycles. The van der Waals surface area contributed by atoms with Crippen molar-refractivity contribution in [1.82, 2.24) is 10.3 Å². The summed E-state index contributed by atoms with van der Waals surface area (Å²) in [7, 11) is 3.88. The molecule has 1 fully saturated rings. The Morgan fingerprint density at radius 1 is 1.50 bits per heavy atom. The number of anilines is 1. The van der Waals surface area contributed by atoms with Crippen LogP contribution in [-0.2, 0) is 16.1 Å². The first-order valence-corrected chi connectivity index (χ1v) is 6.85. The number of nitrogens with zero attached hydrogens (tertiary/aromatic N) is 2. The van der Waals surface area contributed by atoms with Gasteiger partial charge in [-0.15, -0.1) is 0 Å². The Morgan fingerprint density at radius 3 is 2.85 bits per heavy atom. The van der Waals surface area contributed by atoms with Gasteiger partial charge in [0.2, 0.25) is 5.91 Å². The monoisotopic (exact) mass is 278 g/mol. The lowest BCUT2D eigenvalue weighted by atomic mass is 10.2. The second-order valence-corrected chi connectivity index (χ2v) is 5.20. The predicted molar refractivity (Wildman–Crippen MR) is 77.4 cm³/mol. The lowest BCUT2D eigenvalue weighted by Gasteiger charge is -2.14. The lowest BCUT2D eigenvalue weighted by molar-refractivity contribution is -0.132. The number of rotatable bonds is 5. The Balaban J connectivity index is 1.81. The molecule has 6 nitrogen and oxygen atoms in total. The Kier molecular flexibility index (Phi) is 4.92. The molecule has 0 bridgehead atoms. The summed E-state index contributed by atoms with van der Waals surface area (Å²) in [6.45, 7) is 0.937. The fourth-order valence-corrected chi connectivity index (χ4v) is 2.16. The van der Waals surface area contributed by atoms with Crippen LogP contribution in [0.2, 0.25) is 0 Å². The van der Waals surface area contributed by atoms with E-state index in [0.717, 1.165) is 24.2 Å². The van der Waals surface area contributed by atoms with Crippen molar-refractivity contribution in [2.75, 3.05) is 25.5 Å². The van der Waals surface area contributed by atoms with Crippen molar-refractivity contribution in [3.63, 3.8) is 0 Å². The molecule has 1 aromatic rings. The number of carbonyl (C=O) groups is 1. The summed E-state index contributed by atoms with van der Waals surface area (Å²) in [5.41, 5.74) is 6.50. The average molecular weight is 278 g/mol.